The lowest BCUT2D eigenvalue weighted by Gasteiger charge is -2.35. The fourth-order valence-electron chi connectivity index (χ4n) is 3.65. The fourth-order valence-corrected chi connectivity index (χ4v) is 3.65. The maximum Gasteiger partial charge on any atom is 0.253 e. The number of aromatic nitrogens is 1. The lowest BCUT2D eigenvalue weighted by Crippen LogP contribution is -2.44. The first kappa shape index (κ1) is 18.6. The van der Waals surface area contributed by atoms with E-state index >= 15 is 0 Å². The van der Waals surface area contributed by atoms with Crippen LogP contribution in [0.2, 0.25) is 0 Å². The van der Waals surface area contributed by atoms with E-state index in [0.29, 0.717) is 6.04 Å². The Morgan fingerprint density at radius 2 is 1.96 bits per heavy atom. The summed E-state index contributed by atoms with van der Waals surface area (Å²) in [6.45, 7) is 6.31. The van der Waals surface area contributed by atoms with Gasteiger partial charge in [-0.1, -0.05) is 25.1 Å². The maximum atomic E-state index is 13.0. The molecule has 1 aliphatic rings. The predicted octanol–water partition coefficient (Wildman–Crippen LogP) is 3.79. The van der Waals surface area contributed by atoms with Gasteiger partial charge in [-0.2, -0.15) is 0 Å². The molecule has 0 spiro atoms. The zero-order chi connectivity index (χ0) is 18.7. The van der Waals surface area contributed by atoms with Crippen molar-refractivity contribution in [1.82, 2.24) is 14.8 Å². The summed E-state index contributed by atoms with van der Waals surface area (Å²) in [5, 5.41) is 0. The molecular formula is C22H29N3O. The Balaban J connectivity index is 1.81. The van der Waals surface area contributed by atoms with Crippen LogP contribution in [0, 0.1) is 6.92 Å². The molecule has 1 saturated heterocycles. The van der Waals surface area contributed by atoms with Crippen LogP contribution in [0.5, 0.6) is 0 Å². The van der Waals surface area contributed by atoms with Crippen molar-refractivity contribution >= 4 is 5.91 Å². The Morgan fingerprint density at radius 1 is 1.23 bits per heavy atom. The number of amides is 1. The molecule has 3 rings (SSSR count). The van der Waals surface area contributed by atoms with Crippen LogP contribution in [0.3, 0.4) is 0 Å². The van der Waals surface area contributed by atoms with E-state index in [4.69, 9.17) is 4.98 Å². The summed E-state index contributed by atoms with van der Waals surface area (Å²) >= 11 is 0. The van der Waals surface area contributed by atoms with Crippen LogP contribution < -0.4 is 0 Å². The summed E-state index contributed by atoms with van der Waals surface area (Å²) in [7, 11) is 4.07. The standard InChI is InChI=1S/C22H29N3O/c1-5-20-16(2)9-10-21(23-20)17-7-6-8-18(15-17)22(26)25(4)19-11-13-24(3)14-12-19/h6-10,15,19H,5,11-14H2,1-4H3. The second-order valence-electron chi connectivity index (χ2n) is 7.34. The number of likely N-dealkylation sites (tertiary alicyclic amines) is 1. The molecule has 26 heavy (non-hydrogen) atoms. The summed E-state index contributed by atoms with van der Waals surface area (Å²) in [6, 6.07) is 12.4. The summed E-state index contributed by atoms with van der Waals surface area (Å²) in [5.74, 6) is 0.101. The maximum absolute atomic E-state index is 13.0. The highest BCUT2D eigenvalue weighted by Crippen LogP contribution is 2.22. The molecule has 1 aliphatic heterocycles. The molecule has 0 unspecified atom stereocenters. The molecule has 0 saturated carbocycles. The van der Waals surface area contributed by atoms with Gasteiger partial charge >= 0.3 is 0 Å². The van der Waals surface area contributed by atoms with Crippen molar-refractivity contribution in [3.63, 3.8) is 0 Å². The van der Waals surface area contributed by atoms with Gasteiger partial charge in [0.15, 0.2) is 0 Å². The minimum atomic E-state index is 0.101. The first-order valence-electron chi connectivity index (χ1n) is 9.52. The number of pyridine rings is 1. The minimum Gasteiger partial charge on any atom is -0.339 e. The van der Waals surface area contributed by atoms with Crippen LogP contribution >= 0.6 is 0 Å². The normalized spacial score (nSPS) is 15.8. The first-order valence-corrected chi connectivity index (χ1v) is 9.52. The predicted molar refractivity (Wildman–Crippen MR) is 106 cm³/mol. The Kier molecular flexibility index (Phi) is 5.72. The molecule has 4 heteroatoms. The van der Waals surface area contributed by atoms with Crippen molar-refractivity contribution < 1.29 is 4.79 Å². The highest BCUT2D eigenvalue weighted by Gasteiger charge is 2.24. The Bertz CT molecular complexity index is 779. The smallest absolute Gasteiger partial charge is 0.253 e. The highest BCUT2D eigenvalue weighted by atomic mass is 16.2. The van der Waals surface area contributed by atoms with Crippen LogP contribution in [0.15, 0.2) is 36.4 Å². The first-order chi connectivity index (χ1) is 12.5. The number of rotatable bonds is 4. The number of hydrogen-bond acceptors (Lipinski definition) is 3. The molecule has 1 aromatic carbocycles. The van der Waals surface area contributed by atoms with E-state index in [9.17, 15) is 4.79 Å². The number of nitrogens with zero attached hydrogens (tertiary/aromatic N) is 3. The monoisotopic (exact) mass is 351 g/mol. The Labute approximate surface area is 156 Å². The molecule has 138 valence electrons. The number of carbonyl (C=O) groups is 1. The minimum absolute atomic E-state index is 0.101. The molecule has 0 atom stereocenters. The van der Waals surface area contributed by atoms with E-state index in [-0.39, 0.29) is 5.91 Å². The third-order valence-corrected chi connectivity index (χ3v) is 5.50. The molecule has 1 amide bonds. The molecular weight excluding hydrogens is 322 g/mol. The summed E-state index contributed by atoms with van der Waals surface area (Å²) in [5.41, 5.74) is 5.00. The van der Waals surface area contributed by atoms with Gasteiger partial charge in [0, 0.05) is 29.9 Å². The third-order valence-electron chi connectivity index (χ3n) is 5.50. The van der Waals surface area contributed by atoms with Gasteiger partial charge in [-0.05, 0) is 70.1 Å². The van der Waals surface area contributed by atoms with E-state index in [2.05, 4.69) is 31.9 Å². The van der Waals surface area contributed by atoms with Crippen molar-refractivity contribution in [1.29, 1.82) is 0 Å². The molecule has 0 N–H and O–H groups in total. The van der Waals surface area contributed by atoms with E-state index in [0.717, 1.165) is 54.9 Å². The zero-order valence-electron chi connectivity index (χ0n) is 16.3. The van der Waals surface area contributed by atoms with Gasteiger partial charge in [0.25, 0.3) is 5.91 Å². The number of carbonyl (C=O) groups excluding carboxylic acids is 1. The fraction of sp³-hybridized carbons (Fsp3) is 0.455. The van der Waals surface area contributed by atoms with Crippen LogP contribution in [0.1, 0.15) is 41.4 Å². The second kappa shape index (κ2) is 8.00. The molecule has 1 fully saturated rings. The van der Waals surface area contributed by atoms with Gasteiger partial charge in [-0.25, -0.2) is 0 Å². The average Bonchev–Trinajstić information content (AvgIpc) is 2.68. The van der Waals surface area contributed by atoms with Gasteiger partial charge < -0.3 is 9.80 Å². The number of aryl methyl sites for hydroxylation is 2. The lowest BCUT2D eigenvalue weighted by atomic mass is 10.0. The summed E-state index contributed by atoms with van der Waals surface area (Å²) in [4.78, 5) is 22.0. The third kappa shape index (κ3) is 3.96. The van der Waals surface area contributed by atoms with Crippen molar-refractivity contribution in [2.75, 3.05) is 27.2 Å². The van der Waals surface area contributed by atoms with Crippen molar-refractivity contribution in [3.05, 3.63) is 53.2 Å². The molecule has 0 radical (unpaired) electrons. The van der Waals surface area contributed by atoms with Crippen LogP contribution in [0.25, 0.3) is 11.3 Å². The van der Waals surface area contributed by atoms with Gasteiger partial charge in [-0.3, -0.25) is 9.78 Å². The second-order valence-corrected chi connectivity index (χ2v) is 7.34. The largest absolute Gasteiger partial charge is 0.339 e. The summed E-state index contributed by atoms with van der Waals surface area (Å²) in [6.07, 6.45) is 2.99. The summed E-state index contributed by atoms with van der Waals surface area (Å²) < 4.78 is 0. The number of benzene rings is 1. The Hall–Kier alpha value is -2.20. The average molecular weight is 351 g/mol. The highest BCUT2D eigenvalue weighted by molar-refractivity contribution is 5.95. The van der Waals surface area contributed by atoms with E-state index in [1.54, 1.807) is 0 Å². The molecule has 0 aliphatic carbocycles. The van der Waals surface area contributed by atoms with E-state index in [1.165, 1.54) is 5.56 Å². The lowest BCUT2D eigenvalue weighted by molar-refractivity contribution is 0.0659. The topological polar surface area (TPSA) is 36.4 Å². The SMILES string of the molecule is CCc1nc(-c2cccc(C(=O)N(C)C3CCN(C)CC3)c2)ccc1C. The van der Waals surface area contributed by atoms with Gasteiger partial charge in [0.1, 0.15) is 0 Å². The van der Waals surface area contributed by atoms with Crippen molar-refractivity contribution in [2.45, 2.75) is 39.2 Å². The van der Waals surface area contributed by atoms with Crippen LogP contribution in [-0.4, -0.2) is 53.9 Å². The van der Waals surface area contributed by atoms with E-state index < -0.39 is 0 Å². The Morgan fingerprint density at radius 3 is 2.65 bits per heavy atom. The molecule has 4 nitrogen and oxygen atoms in total. The molecule has 0 bridgehead atoms. The van der Waals surface area contributed by atoms with E-state index in [1.807, 2.05) is 42.3 Å². The molecule has 1 aromatic heterocycles. The zero-order valence-corrected chi connectivity index (χ0v) is 16.3. The van der Waals surface area contributed by atoms with Crippen LogP contribution in [-0.2, 0) is 6.42 Å². The number of piperidine rings is 1. The molecule has 2 heterocycles. The van der Waals surface area contributed by atoms with Gasteiger partial charge in [0.05, 0.1) is 5.69 Å². The van der Waals surface area contributed by atoms with Gasteiger partial charge in [-0.15, -0.1) is 0 Å². The van der Waals surface area contributed by atoms with Crippen molar-refractivity contribution in [3.8, 4) is 11.3 Å². The van der Waals surface area contributed by atoms with Crippen LogP contribution in [0.4, 0.5) is 0 Å². The van der Waals surface area contributed by atoms with Crippen molar-refractivity contribution in [2.24, 2.45) is 0 Å². The molecule has 2 aromatic rings. The quantitative estimate of drug-likeness (QED) is 0.841. The van der Waals surface area contributed by atoms with Gasteiger partial charge in [0.2, 0.25) is 0 Å². The number of hydrogen-bond donors (Lipinski definition) is 0.